The van der Waals surface area contributed by atoms with Crippen molar-refractivity contribution in [2.24, 2.45) is 0 Å². The first-order valence-electron chi connectivity index (χ1n) is 6.70. The molecule has 4 heteroatoms. The molecule has 1 heterocycles. The molecule has 0 saturated carbocycles. The standard InChI is InChI=1S/C14H22BrN3/c1-11(18-7-3-2-4-8-18)10-17-14-6-5-12(16)9-13(14)15/h5-6,9,11,17H,2-4,7-8,10,16H2,1H3. The van der Waals surface area contributed by atoms with Gasteiger partial charge in [-0.15, -0.1) is 0 Å². The zero-order chi connectivity index (χ0) is 13.0. The molecule has 3 nitrogen and oxygen atoms in total. The molecular formula is C14H22BrN3. The number of rotatable bonds is 4. The fourth-order valence-electron chi connectivity index (χ4n) is 2.42. The predicted molar refractivity (Wildman–Crippen MR) is 81.9 cm³/mol. The first kappa shape index (κ1) is 13.7. The molecule has 18 heavy (non-hydrogen) atoms. The SMILES string of the molecule is CC(CNc1ccc(N)cc1Br)N1CCCCC1. The summed E-state index contributed by atoms with van der Waals surface area (Å²) in [6, 6.07) is 6.48. The van der Waals surface area contributed by atoms with Gasteiger partial charge in [0.2, 0.25) is 0 Å². The molecule has 0 bridgehead atoms. The molecule has 3 N–H and O–H groups in total. The molecule has 2 rings (SSSR count). The highest BCUT2D eigenvalue weighted by Crippen LogP contribution is 2.24. The van der Waals surface area contributed by atoms with Gasteiger partial charge in [0, 0.05) is 28.4 Å². The molecule has 1 saturated heterocycles. The van der Waals surface area contributed by atoms with Crippen LogP contribution < -0.4 is 11.1 Å². The quantitative estimate of drug-likeness (QED) is 0.838. The topological polar surface area (TPSA) is 41.3 Å². The van der Waals surface area contributed by atoms with E-state index in [9.17, 15) is 0 Å². The molecule has 1 aliphatic rings. The van der Waals surface area contributed by atoms with Gasteiger partial charge in [-0.3, -0.25) is 4.90 Å². The second kappa shape index (κ2) is 6.43. The van der Waals surface area contributed by atoms with Crippen molar-refractivity contribution in [2.45, 2.75) is 32.2 Å². The number of nitrogens with two attached hydrogens (primary N) is 1. The van der Waals surface area contributed by atoms with Gasteiger partial charge in [0.05, 0.1) is 0 Å². The monoisotopic (exact) mass is 311 g/mol. The van der Waals surface area contributed by atoms with Gasteiger partial charge in [-0.05, 0) is 67.0 Å². The first-order chi connectivity index (χ1) is 8.66. The van der Waals surface area contributed by atoms with Gasteiger partial charge in [-0.1, -0.05) is 6.42 Å². The Morgan fingerprint density at radius 2 is 2.06 bits per heavy atom. The fraction of sp³-hybridized carbons (Fsp3) is 0.571. The van der Waals surface area contributed by atoms with Crippen LogP contribution in [0, 0.1) is 0 Å². The second-order valence-corrected chi connectivity index (χ2v) is 5.92. The van der Waals surface area contributed by atoms with Crippen molar-refractivity contribution in [1.82, 2.24) is 4.90 Å². The molecule has 1 unspecified atom stereocenters. The number of likely N-dealkylation sites (tertiary alicyclic amines) is 1. The maximum atomic E-state index is 5.73. The summed E-state index contributed by atoms with van der Waals surface area (Å²) in [5.74, 6) is 0. The number of nitrogens with zero attached hydrogens (tertiary/aromatic N) is 1. The number of nitrogen functional groups attached to an aromatic ring is 1. The second-order valence-electron chi connectivity index (χ2n) is 5.07. The minimum Gasteiger partial charge on any atom is -0.399 e. The van der Waals surface area contributed by atoms with Crippen LogP contribution in [0.4, 0.5) is 11.4 Å². The number of benzene rings is 1. The van der Waals surface area contributed by atoms with Crippen LogP contribution in [-0.4, -0.2) is 30.6 Å². The summed E-state index contributed by atoms with van der Waals surface area (Å²) in [6.45, 7) is 5.75. The van der Waals surface area contributed by atoms with Crippen LogP contribution in [0.1, 0.15) is 26.2 Å². The van der Waals surface area contributed by atoms with E-state index in [-0.39, 0.29) is 0 Å². The lowest BCUT2D eigenvalue weighted by atomic mass is 10.1. The fourth-order valence-corrected chi connectivity index (χ4v) is 2.96. The van der Waals surface area contributed by atoms with E-state index in [2.05, 4.69) is 33.1 Å². The van der Waals surface area contributed by atoms with Crippen LogP contribution in [0.5, 0.6) is 0 Å². The molecule has 100 valence electrons. The van der Waals surface area contributed by atoms with E-state index in [1.807, 2.05) is 18.2 Å². The van der Waals surface area contributed by atoms with Crippen molar-refractivity contribution in [3.63, 3.8) is 0 Å². The van der Waals surface area contributed by atoms with Crippen molar-refractivity contribution < 1.29 is 0 Å². The van der Waals surface area contributed by atoms with Crippen molar-refractivity contribution in [2.75, 3.05) is 30.7 Å². The van der Waals surface area contributed by atoms with E-state index in [0.29, 0.717) is 6.04 Å². The summed E-state index contributed by atoms with van der Waals surface area (Å²) < 4.78 is 1.04. The summed E-state index contributed by atoms with van der Waals surface area (Å²) in [5.41, 5.74) is 7.64. The summed E-state index contributed by atoms with van der Waals surface area (Å²) >= 11 is 3.54. The molecule has 0 aromatic heterocycles. The summed E-state index contributed by atoms with van der Waals surface area (Å²) in [4.78, 5) is 2.57. The van der Waals surface area contributed by atoms with Crippen LogP contribution in [-0.2, 0) is 0 Å². The summed E-state index contributed by atoms with van der Waals surface area (Å²) in [5, 5.41) is 3.49. The summed E-state index contributed by atoms with van der Waals surface area (Å²) in [6.07, 6.45) is 4.08. The third-order valence-electron chi connectivity index (χ3n) is 3.60. The number of hydrogen-bond acceptors (Lipinski definition) is 3. The Morgan fingerprint density at radius 1 is 1.33 bits per heavy atom. The lowest BCUT2D eigenvalue weighted by Crippen LogP contribution is -2.41. The van der Waals surface area contributed by atoms with E-state index in [0.717, 1.165) is 22.4 Å². The van der Waals surface area contributed by atoms with Crippen molar-refractivity contribution >= 4 is 27.3 Å². The van der Waals surface area contributed by atoms with Gasteiger partial charge < -0.3 is 11.1 Å². The molecule has 1 atom stereocenters. The number of nitrogens with one attached hydrogen (secondary N) is 1. The largest absolute Gasteiger partial charge is 0.399 e. The zero-order valence-corrected chi connectivity index (χ0v) is 12.5. The first-order valence-corrected chi connectivity index (χ1v) is 7.49. The predicted octanol–water partition coefficient (Wildman–Crippen LogP) is 3.32. The van der Waals surface area contributed by atoms with E-state index >= 15 is 0 Å². The van der Waals surface area contributed by atoms with Crippen LogP contribution in [0.15, 0.2) is 22.7 Å². The lowest BCUT2D eigenvalue weighted by Gasteiger charge is -2.32. The number of hydrogen-bond donors (Lipinski definition) is 2. The van der Waals surface area contributed by atoms with Crippen LogP contribution >= 0.6 is 15.9 Å². The van der Waals surface area contributed by atoms with Gasteiger partial charge in [-0.25, -0.2) is 0 Å². The molecule has 1 aliphatic heterocycles. The van der Waals surface area contributed by atoms with Gasteiger partial charge in [0.25, 0.3) is 0 Å². The number of piperidine rings is 1. The minimum atomic E-state index is 0.578. The molecule has 0 aliphatic carbocycles. The Kier molecular flexibility index (Phi) is 4.89. The van der Waals surface area contributed by atoms with E-state index in [4.69, 9.17) is 5.73 Å². The average molecular weight is 312 g/mol. The third-order valence-corrected chi connectivity index (χ3v) is 4.25. The Balaban J connectivity index is 1.86. The Hall–Kier alpha value is -0.740. The number of anilines is 2. The van der Waals surface area contributed by atoms with Gasteiger partial charge >= 0.3 is 0 Å². The third kappa shape index (κ3) is 3.62. The van der Waals surface area contributed by atoms with E-state index in [1.165, 1.54) is 32.4 Å². The molecule has 0 radical (unpaired) electrons. The van der Waals surface area contributed by atoms with Crippen LogP contribution in [0.25, 0.3) is 0 Å². The highest BCUT2D eigenvalue weighted by Gasteiger charge is 2.16. The lowest BCUT2D eigenvalue weighted by molar-refractivity contribution is 0.180. The zero-order valence-electron chi connectivity index (χ0n) is 11.0. The molecule has 0 spiro atoms. The van der Waals surface area contributed by atoms with Gasteiger partial charge in [-0.2, -0.15) is 0 Å². The van der Waals surface area contributed by atoms with E-state index < -0.39 is 0 Å². The van der Waals surface area contributed by atoms with Crippen LogP contribution in [0.2, 0.25) is 0 Å². The van der Waals surface area contributed by atoms with Gasteiger partial charge in [0.1, 0.15) is 0 Å². The smallest absolute Gasteiger partial charge is 0.0486 e. The van der Waals surface area contributed by atoms with Gasteiger partial charge in [0.15, 0.2) is 0 Å². The number of halogens is 1. The van der Waals surface area contributed by atoms with Crippen molar-refractivity contribution in [1.29, 1.82) is 0 Å². The molecule has 1 aromatic carbocycles. The average Bonchev–Trinajstić information content (AvgIpc) is 2.38. The Bertz CT molecular complexity index is 389. The Labute approximate surface area is 118 Å². The minimum absolute atomic E-state index is 0.578. The van der Waals surface area contributed by atoms with Crippen LogP contribution in [0.3, 0.4) is 0 Å². The molecular weight excluding hydrogens is 290 g/mol. The van der Waals surface area contributed by atoms with Crippen molar-refractivity contribution in [3.05, 3.63) is 22.7 Å². The molecule has 1 aromatic rings. The maximum absolute atomic E-state index is 5.73. The molecule has 0 amide bonds. The molecule has 1 fully saturated rings. The Morgan fingerprint density at radius 3 is 2.72 bits per heavy atom. The van der Waals surface area contributed by atoms with E-state index in [1.54, 1.807) is 0 Å². The summed E-state index contributed by atoms with van der Waals surface area (Å²) in [7, 11) is 0. The highest BCUT2D eigenvalue weighted by atomic mass is 79.9. The van der Waals surface area contributed by atoms with Crippen molar-refractivity contribution in [3.8, 4) is 0 Å². The highest BCUT2D eigenvalue weighted by molar-refractivity contribution is 9.10. The normalized spacial score (nSPS) is 18.6. The maximum Gasteiger partial charge on any atom is 0.0486 e.